The van der Waals surface area contributed by atoms with E-state index in [1.54, 1.807) is 13.2 Å². The van der Waals surface area contributed by atoms with E-state index < -0.39 is 59.1 Å². The quantitative estimate of drug-likeness (QED) is 0.156. The van der Waals surface area contributed by atoms with Gasteiger partial charge in [0, 0.05) is 47.2 Å². The van der Waals surface area contributed by atoms with Gasteiger partial charge in [-0.2, -0.15) is 0 Å². The normalized spacial score (nSPS) is 23.7. The lowest BCUT2D eigenvalue weighted by Gasteiger charge is -2.35. The van der Waals surface area contributed by atoms with Gasteiger partial charge in [0.1, 0.15) is 47.0 Å². The van der Waals surface area contributed by atoms with Crippen molar-refractivity contribution in [2.75, 3.05) is 39.3 Å². The van der Waals surface area contributed by atoms with Gasteiger partial charge in [-0.3, -0.25) is 9.59 Å². The number of aryl methyl sites for hydroxylation is 1. The molecule has 56 heavy (non-hydrogen) atoms. The molecular formula is C40H52N6O9S. The topological polar surface area (TPSA) is 180 Å². The fourth-order valence-electron chi connectivity index (χ4n) is 7.30. The number of benzene rings is 1. The second-order valence-electron chi connectivity index (χ2n) is 15.9. The number of nitrogens with one attached hydrogen (secondary N) is 3. The predicted molar refractivity (Wildman–Crippen MR) is 211 cm³/mol. The van der Waals surface area contributed by atoms with Crippen molar-refractivity contribution in [2.45, 2.75) is 96.7 Å². The molecule has 0 radical (unpaired) electrons. The number of carbonyl (C=O) groups is 4. The van der Waals surface area contributed by atoms with Gasteiger partial charge in [0.05, 0.1) is 45.2 Å². The summed E-state index contributed by atoms with van der Waals surface area (Å²) in [4.78, 5) is 66.2. The molecule has 15 nitrogen and oxygen atoms in total. The molecule has 1 aromatic carbocycles. The molecule has 302 valence electrons. The smallest absolute Gasteiger partial charge is 0.408 e. The molecule has 3 aromatic rings. The number of nitrogens with zero attached hydrogens (tertiary/aromatic N) is 3. The first kappa shape index (κ1) is 40.7. The molecule has 2 aromatic heterocycles. The zero-order valence-corrected chi connectivity index (χ0v) is 34.0. The number of aromatic nitrogens is 2. The zero-order chi connectivity index (χ0) is 40.5. The molecule has 6 atom stereocenters. The van der Waals surface area contributed by atoms with Crippen molar-refractivity contribution >= 4 is 51.2 Å². The molecule has 3 amide bonds. The number of anilines is 1. The second-order valence-corrected chi connectivity index (χ2v) is 16.8. The van der Waals surface area contributed by atoms with E-state index in [2.05, 4.69) is 22.5 Å². The first-order valence-electron chi connectivity index (χ1n) is 18.8. The minimum absolute atomic E-state index is 0.000246. The molecule has 3 fully saturated rings. The number of rotatable bonds is 13. The summed E-state index contributed by atoms with van der Waals surface area (Å²) in [6.45, 7) is 16.0. The maximum Gasteiger partial charge on any atom is 0.408 e. The molecule has 0 bridgehead atoms. The van der Waals surface area contributed by atoms with Crippen molar-refractivity contribution in [3.05, 3.63) is 41.8 Å². The van der Waals surface area contributed by atoms with Crippen LogP contribution in [0.5, 0.6) is 11.5 Å². The molecule has 3 aliphatic rings. The van der Waals surface area contributed by atoms with Crippen LogP contribution in [0.4, 0.5) is 9.93 Å². The van der Waals surface area contributed by atoms with E-state index in [9.17, 15) is 19.2 Å². The highest BCUT2D eigenvalue weighted by Gasteiger charge is 2.62. The van der Waals surface area contributed by atoms with Gasteiger partial charge in [0.25, 0.3) is 0 Å². The number of methoxy groups -OCH3 is 2. The van der Waals surface area contributed by atoms with Crippen LogP contribution in [0.25, 0.3) is 22.3 Å². The van der Waals surface area contributed by atoms with E-state index in [-0.39, 0.29) is 31.5 Å². The van der Waals surface area contributed by atoms with E-state index >= 15 is 0 Å². The Balaban J connectivity index is 1.35. The molecular weight excluding hydrogens is 741 g/mol. The number of alkyl carbamates (subject to hydrolysis) is 1. The maximum atomic E-state index is 14.7. The van der Waals surface area contributed by atoms with Crippen molar-refractivity contribution in [3.63, 3.8) is 0 Å². The third-order valence-corrected chi connectivity index (χ3v) is 11.2. The Morgan fingerprint density at radius 1 is 1.11 bits per heavy atom. The highest BCUT2D eigenvalue weighted by Crippen LogP contribution is 2.46. The van der Waals surface area contributed by atoms with Crippen LogP contribution in [0.15, 0.2) is 36.2 Å². The van der Waals surface area contributed by atoms with E-state index in [0.29, 0.717) is 53.2 Å². The van der Waals surface area contributed by atoms with Crippen LogP contribution in [0.3, 0.4) is 0 Å². The fraction of sp³-hybridized carbons (Fsp3) is 0.550. The molecule has 1 aliphatic carbocycles. The van der Waals surface area contributed by atoms with Crippen LogP contribution >= 0.6 is 11.3 Å². The Morgan fingerprint density at radius 2 is 1.88 bits per heavy atom. The number of amides is 3. The van der Waals surface area contributed by atoms with E-state index in [1.807, 2.05) is 65.1 Å². The summed E-state index contributed by atoms with van der Waals surface area (Å²) in [6.07, 6.45) is 0.697. The minimum atomic E-state index is -1.29. The third-order valence-electron chi connectivity index (χ3n) is 10.4. The van der Waals surface area contributed by atoms with Crippen molar-refractivity contribution in [2.24, 2.45) is 11.3 Å². The fourth-order valence-corrected chi connectivity index (χ4v) is 8.15. The van der Waals surface area contributed by atoms with E-state index in [0.717, 1.165) is 10.7 Å². The number of fused-ring (bicyclic) bond motifs is 1. The van der Waals surface area contributed by atoms with Gasteiger partial charge in [-0.05, 0) is 44.7 Å². The van der Waals surface area contributed by atoms with Gasteiger partial charge in [-0.15, -0.1) is 17.9 Å². The molecule has 4 heterocycles. The summed E-state index contributed by atoms with van der Waals surface area (Å²) in [5, 5.41) is 12.4. The Kier molecular flexibility index (Phi) is 11.8. The van der Waals surface area contributed by atoms with E-state index in [4.69, 9.17) is 33.7 Å². The molecule has 3 N–H and O–H groups in total. The summed E-state index contributed by atoms with van der Waals surface area (Å²) in [5.41, 5.74) is 0.596. The lowest BCUT2D eigenvalue weighted by molar-refractivity contribution is -0.148. The molecule has 0 spiro atoms. The molecule has 16 heteroatoms. The van der Waals surface area contributed by atoms with Crippen LogP contribution in [-0.4, -0.2) is 109 Å². The van der Waals surface area contributed by atoms with Crippen LogP contribution < -0.4 is 25.4 Å². The van der Waals surface area contributed by atoms with Gasteiger partial charge < -0.3 is 44.5 Å². The summed E-state index contributed by atoms with van der Waals surface area (Å²) in [5.74, 6) is -0.846. The Labute approximate surface area is 330 Å². The van der Waals surface area contributed by atoms with Crippen LogP contribution in [0.1, 0.15) is 59.4 Å². The lowest BCUT2D eigenvalue weighted by Crippen LogP contribution is -2.59. The Morgan fingerprint density at radius 3 is 2.50 bits per heavy atom. The van der Waals surface area contributed by atoms with Gasteiger partial charge >= 0.3 is 12.1 Å². The third kappa shape index (κ3) is 8.41. The van der Waals surface area contributed by atoms with Crippen molar-refractivity contribution in [1.29, 1.82) is 0 Å². The van der Waals surface area contributed by atoms with Crippen LogP contribution in [0, 0.1) is 18.3 Å². The van der Waals surface area contributed by atoms with Gasteiger partial charge in [-0.1, -0.05) is 26.8 Å². The van der Waals surface area contributed by atoms with Crippen LogP contribution in [-0.2, 0) is 28.6 Å². The Hall–Kier alpha value is -4.96. The number of pyridine rings is 1. The number of hydrogen-bond acceptors (Lipinski definition) is 13. The van der Waals surface area contributed by atoms with E-state index in [1.165, 1.54) is 23.3 Å². The largest absolute Gasteiger partial charge is 0.496 e. The molecule has 1 unspecified atom stereocenters. The lowest BCUT2D eigenvalue weighted by atomic mass is 9.85. The highest BCUT2D eigenvalue weighted by molar-refractivity contribution is 7.14. The van der Waals surface area contributed by atoms with Crippen LogP contribution in [0.2, 0.25) is 0 Å². The Bertz CT molecular complexity index is 1990. The molecule has 2 aliphatic heterocycles. The molecule has 6 rings (SSSR count). The summed E-state index contributed by atoms with van der Waals surface area (Å²) in [6, 6.07) is 3.57. The average molecular weight is 793 g/mol. The number of ether oxygens (including phenoxy) is 5. The highest BCUT2D eigenvalue weighted by atomic mass is 32.1. The second kappa shape index (κ2) is 16.3. The molecule has 2 saturated heterocycles. The summed E-state index contributed by atoms with van der Waals surface area (Å²) < 4.78 is 28.4. The number of likely N-dealkylation sites (tertiary alicyclic amines) is 1. The first-order chi connectivity index (χ1) is 26.6. The zero-order valence-electron chi connectivity index (χ0n) is 33.2. The van der Waals surface area contributed by atoms with Gasteiger partial charge in [0.2, 0.25) is 11.8 Å². The number of esters is 1. The van der Waals surface area contributed by atoms with Crippen molar-refractivity contribution in [1.82, 2.24) is 25.5 Å². The van der Waals surface area contributed by atoms with Gasteiger partial charge in [0.15, 0.2) is 5.13 Å². The number of carbonyl (C=O) groups excluding carboxylic acids is 4. The number of hydrogen-bond donors (Lipinski definition) is 3. The first-order valence-corrected chi connectivity index (χ1v) is 19.7. The molecule has 1 saturated carbocycles. The predicted octanol–water partition coefficient (Wildman–Crippen LogP) is 5.01. The van der Waals surface area contributed by atoms with Gasteiger partial charge in [-0.25, -0.2) is 19.6 Å². The summed E-state index contributed by atoms with van der Waals surface area (Å²) >= 11 is 1.47. The standard InChI is InChI=1S/C40H52N6O9S/c1-10-23-17-40(23,36(49)52-9)45-34(47)29-15-25(18-46(29)35(48)33(39(5,6)7)44-38(50)55-24-13-14-53-19-24)54-31-16-27(28-20-56-37(43-28)41-21(2)3)42-32-22(4)30(51-8)12-11-26(31)32/h10-12,16,20-21,23-25,29,33H,1,13-15,17-19H2,2-9H3,(H,41,43)(H,44,50)(H,45,47)/t23?,24-,25+,29-,33+,40+/m0/s1. The SMILES string of the molecule is C=CC1C[C@]1(NC(=O)[C@@H]1C[C@@H](Oc2cc(-c3csc(NC(C)C)n3)nc3c(C)c(OC)ccc23)CN1C(=O)[C@@H](NC(=O)O[C@H]1CCOC1)C(C)(C)C)C(=O)OC. The van der Waals surface area contributed by atoms with Crippen molar-refractivity contribution in [3.8, 4) is 22.9 Å². The average Bonchev–Trinajstić information content (AvgIpc) is 3.57. The van der Waals surface area contributed by atoms with Crippen molar-refractivity contribution < 1.29 is 42.9 Å². The minimum Gasteiger partial charge on any atom is -0.496 e. The monoisotopic (exact) mass is 792 g/mol. The summed E-state index contributed by atoms with van der Waals surface area (Å²) in [7, 11) is 2.86. The maximum absolute atomic E-state index is 14.7. The number of thiazole rings is 1.